The maximum Gasteiger partial charge on any atom is 0.141 e. The molecule has 2 rings (SSSR count). The lowest BCUT2D eigenvalue weighted by Gasteiger charge is -2.06. The molecule has 1 aromatic carbocycles. The van der Waals surface area contributed by atoms with Crippen LogP contribution in [-0.2, 0) is 0 Å². The van der Waals surface area contributed by atoms with Crippen molar-refractivity contribution in [3.63, 3.8) is 0 Å². The molecular formula is C12H7ClFN3. The minimum atomic E-state index is -0.476. The van der Waals surface area contributed by atoms with Gasteiger partial charge in [-0.1, -0.05) is 11.6 Å². The van der Waals surface area contributed by atoms with Crippen molar-refractivity contribution in [3.05, 3.63) is 52.9 Å². The van der Waals surface area contributed by atoms with E-state index in [0.29, 0.717) is 17.1 Å². The van der Waals surface area contributed by atoms with Crippen LogP contribution in [0.5, 0.6) is 0 Å². The van der Waals surface area contributed by atoms with Crippen LogP contribution in [0.1, 0.15) is 5.56 Å². The van der Waals surface area contributed by atoms with Crippen molar-refractivity contribution < 1.29 is 4.39 Å². The van der Waals surface area contributed by atoms with Gasteiger partial charge in [-0.25, -0.2) is 9.37 Å². The molecule has 1 N–H and O–H groups in total. The van der Waals surface area contributed by atoms with E-state index in [1.807, 2.05) is 6.07 Å². The number of nitrogens with one attached hydrogen (secondary N) is 1. The predicted molar refractivity (Wildman–Crippen MR) is 63.6 cm³/mol. The molecule has 0 saturated carbocycles. The van der Waals surface area contributed by atoms with E-state index in [9.17, 15) is 4.39 Å². The smallest absolute Gasteiger partial charge is 0.141 e. The summed E-state index contributed by atoms with van der Waals surface area (Å²) in [5.41, 5.74) is 1.11. The first kappa shape index (κ1) is 11.4. The lowest BCUT2D eigenvalue weighted by atomic mass is 10.2. The van der Waals surface area contributed by atoms with Gasteiger partial charge in [0.1, 0.15) is 11.6 Å². The van der Waals surface area contributed by atoms with E-state index in [2.05, 4.69) is 10.3 Å². The molecule has 0 amide bonds. The van der Waals surface area contributed by atoms with E-state index in [-0.39, 0.29) is 5.02 Å². The number of rotatable bonds is 2. The van der Waals surface area contributed by atoms with Gasteiger partial charge in [-0.3, -0.25) is 0 Å². The highest BCUT2D eigenvalue weighted by Gasteiger charge is 2.02. The van der Waals surface area contributed by atoms with Crippen LogP contribution in [0.2, 0.25) is 5.02 Å². The summed E-state index contributed by atoms with van der Waals surface area (Å²) in [6.07, 6.45) is 1.52. The lowest BCUT2D eigenvalue weighted by molar-refractivity contribution is 0.628. The molecule has 0 bridgehead atoms. The fourth-order valence-electron chi connectivity index (χ4n) is 1.29. The number of benzene rings is 1. The van der Waals surface area contributed by atoms with E-state index in [0.717, 1.165) is 0 Å². The Balaban J connectivity index is 2.25. The minimum absolute atomic E-state index is 0.0337. The predicted octanol–water partition coefficient (Wildman–Crippen LogP) is 3.49. The topological polar surface area (TPSA) is 48.7 Å². The molecule has 0 atom stereocenters. The zero-order valence-electron chi connectivity index (χ0n) is 8.61. The monoisotopic (exact) mass is 247 g/mol. The van der Waals surface area contributed by atoms with Gasteiger partial charge in [-0.05, 0) is 30.3 Å². The van der Waals surface area contributed by atoms with E-state index in [1.165, 1.54) is 18.3 Å². The second-order valence-corrected chi connectivity index (χ2v) is 3.70. The molecule has 1 heterocycles. The van der Waals surface area contributed by atoms with Crippen molar-refractivity contribution >= 4 is 23.1 Å². The van der Waals surface area contributed by atoms with E-state index in [4.69, 9.17) is 16.9 Å². The van der Waals surface area contributed by atoms with Crippen molar-refractivity contribution in [2.24, 2.45) is 0 Å². The van der Waals surface area contributed by atoms with Crippen LogP contribution in [0.3, 0.4) is 0 Å². The van der Waals surface area contributed by atoms with Crippen molar-refractivity contribution in [1.29, 1.82) is 5.26 Å². The van der Waals surface area contributed by atoms with Gasteiger partial charge in [0, 0.05) is 11.9 Å². The molecule has 84 valence electrons. The van der Waals surface area contributed by atoms with Crippen LogP contribution >= 0.6 is 11.6 Å². The summed E-state index contributed by atoms with van der Waals surface area (Å²) in [6, 6.07) is 9.46. The third kappa shape index (κ3) is 2.71. The molecule has 0 saturated heterocycles. The Bertz CT molecular complexity index is 593. The van der Waals surface area contributed by atoms with Crippen LogP contribution < -0.4 is 5.32 Å². The third-order valence-electron chi connectivity index (χ3n) is 2.08. The molecule has 2 aromatic rings. The van der Waals surface area contributed by atoms with Crippen LogP contribution in [-0.4, -0.2) is 4.98 Å². The first-order valence-electron chi connectivity index (χ1n) is 4.77. The van der Waals surface area contributed by atoms with Crippen molar-refractivity contribution in [1.82, 2.24) is 4.98 Å². The van der Waals surface area contributed by atoms with Crippen molar-refractivity contribution in [2.45, 2.75) is 0 Å². The van der Waals surface area contributed by atoms with Gasteiger partial charge in [0.2, 0.25) is 0 Å². The van der Waals surface area contributed by atoms with Crippen LogP contribution in [0, 0.1) is 17.1 Å². The van der Waals surface area contributed by atoms with Gasteiger partial charge in [0.05, 0.1) is 16.7 Å². The number of nitriles is 1. The number of pyridine rings is 1. The Kier molecular flexibility index (Phi) is 3.22. The molecule has 0 aliphatic carbocycles. The molecular weight excluding hydrogens is 241 g/mol. The number of halogens is 2. The number of anilines is 2. The first-order valence-corrected chi connectivity index (χ1v) is 5.15. The SMILES string of the molecule is N#Cc1ccnc(Nc2ccc(F)c(Cl)c2)c1. The fourth-order valence-corrected chi connectivity index (χ4v) is 1.47. The number of aromatic nitrogens is 1. The molecule has 3 nitrogen and oxygen atoms in total. The van der Waals surface area contributed by atoms with Gasteiger partial charge in [0.25, 0.3) is 0 Å². The molecule has 17 heavy (non-hydrogen) atoms. The average Bonchev–Trinajstić information content (AvgIpc) is 2.34. The second-order valence-electron chi connectivity index (χ2n) is 3.30. The summed E-state index contributed by atoms with van der Waals surface area (Å²) in [5.74, 6) is 0.0303. The maximum absolute atomic E-state index is 12.9. The molecule has 0 aliphatic heterocycles. The second kappa shape index (κ2) is 4.81. The Hall–Kier alpha value is -2.12. The lowest BCUT2D eigenvalue weighted by Crippen LogP contribution is -1.94. The highest BCUT2D eigenvalue weighted by molar-refractivity contribution is 6.31. The Labute approximate surface area is 102 Å². The van der Waals surface area contributed by atoms with Gasteiger partial charge >= 0.3 is 0 Å². The quantitative estimate of drug-likeness (QED) is 0.884. The van der Waals surface area contributed by atoms with E-state index >= 15 is 0 Å². The highest BCUT2D eigenvalue weighted by atomic mass is 35.5. The zero-order valence-corrected chi connectivity index (χ0v) is 9.37. The normalized spacial score (nSPS) is 9.71. The summed E-state index contributed by atoms with van der Waals surface area (Å²) in [4.78, 5) is 4.04. The molecule has 0 aliphatic rings. The summed E-state index contributed by atoms with van der Waals surface area (Å²) < 4.78 is 12.9. The third-order valence-corrected chi connectivity index (χ3v) is 2.37. The van der Waals surface area contributed by atoms with Gasteiger partial charge in [-0.2, -0.15) is 5.26 Å². The fraction of sp³-hybridized carbons (Fsp3) is 0. The molecule has 0 fully saturated rings. The van der Waals surface area contributed by atoms with Crippen LogP contribution in [0.4, 0.5) is 15.9 Å². The van der Waals surface area contributed by atoms with Gasteiger partial charge in [-0.15, -0.1) is 0 Å². The zero-order chi connectivity index (χ0) is 12.3. The number of hydrogen-bond donors (Lipinski definition) is 1. The van der Waals surface area contributed by atoms with Crippen molar-refractivity contribution in [2.75, 3.05) is 5.32 Å². The summed E-state index contributed by atoms with van der Waals surface area (Å²) in [6.45, 7) is 0. The molecule has 0 spiro atoms. The van der Waals surface area contributed by atoms with Crippen LogP contribution in [0.25, 0.3) is 0 Å². The van der Waals surface area contributed by atoms with E-state index in [1.54, 1.807) is 18.2 Å². The first-order chi connectivity index (χ1) is 8.19. The van der Waals surface area contributed by atoms with E-state index < -0.39 is 5.82 Å². The number of nitrogens with zero attached hydrogens (tertiary/aromatic N) is 2. The molecule has 0 radical (unpaired) electrons. The summed E-state index contributed by atoms with van der Waals surface area (Å²) in [7, 11) is 0. The Morgan fingerprint density at radius 1 is 1.29 bits per heavy atom. The largest absolute Gasteiger partial charge is 0.340 e. The number of hydrogen-bond acceptors (Lipinski definition) is 3. The Morgan fingerprint density at radius 3 is 2.82 bits per heavy atom. The molecule has 5 heteroatoms. The van der Waals surface area contributed by atoms with Crippen LogP contribution in [0.15, 0.2) is 36.5 Å². The minimum Gasteiger partial charge on any atom is -0.340 e. The molecule has 0 unspecified atom stereocenters. The van der Waals surface area contributed by atoms with Gasteiger partial charge < -0.3 is 5.32 Å². The highest BCUT2D eigenvalue weighted by Crippen LogP contribution is 2.22. The standard InChI is InChI=1S/C12H7ClFN3/c13-10-6-9(1-2-11(10)14)17-12-5-8(7-15)3-4-16-12/h1-6H,(H,16,17). The summed E-state index contributed by atoms with van der Waals surface area (Å²) >= 11 is 5.65. The van der Waals surface area contributed by atoms with Gasteiger partial charge in [0.15, 0.2) is 0 Å². The maximum atomic E-state index is 12.9. The average molecular weight is 248 g/mol. The molecule has 1 aromatic heterocycles. The Morgan fingerprint density at radius 2 is 2.12 bits per heavy atom. The van der Waals surface area contributed by atoms with Crippen molar-refractivity contribution in [3.8, 4) is 6.07 Å². The summed E-state index contributed by atoms with van der Waals surface area (Å²) in [5, 5.41) is 11.7.